The predicted octanol–water partition coefficient (Wildman–Crippen LogP) is 1.57. The van der Waals surface area contributed by atoms with Crippen LogP contribution in [0.3, 0.4) is 0 Å². The second-order valence-corrected chi connectivity index (χ2v) is 5.01. The maximum Gasteiger partial charge on any atom is 0.360 e. The molecule has 2 heterocycles. The fourth-order valence-electron chi connectivity index (χ4n) is 1.72. The molecule has 2 N–H and O–H groups in total. The molecule has 3 rings (SSSR count). The van der Waals surface area contributed by atoms with Crippen molar-refractivity contribution in [3.05, 3.63) is 23.1 Å². The third kappa shape index (κ3) is 1.76. The first-order valence-corrected chi connectivity index (χ1v) is 6.45. The van der Waals surface area contributed by atoms with Crippen LogP contribution in [0.2, 0.25) is 0 Å². The number of aromatic nitrogens is 3. The van der Waals surface area contributed by atoms with Crippen LogP contribution in [0.25, 0.3) is 5.13 Å². The molecule has 2 aromatic heterocycles. The van der Waals surface area contributed by atoms with Crippen LogP contribution < -0.4 is 5.73 Å². The first-order valence-electron chi connectivity index (χ1n) is 5.57. The number of hydrogen-bond donors (Lipinski definition) is 1. The topological polar surface area (TPSA) is 83.0 Å². The zero-order valence-electron chi connectivity index (χ0n) is 9.79. The first-order chi connectivity index (χ1) is 8.70. The Morgan fingerprint density at radius 3 is 3.06 bits per heavy atom. The number of nitrogen functional groups attached to an aromatic ring is 1. The molecule has 0 atom stereocenters. The van der Waals surface area contributed by atoms with Gasteiger partial charge in [0.15, 0.2) is 10.8 Å². The van der Waals surface area contributed by atoms with Gasteiger partial charge in [0.1, 0.15) is 12.1 Å². The Balaban J connectivity index is 1.95. The first kappa shape index (κ1) is 11.2. The van der Waals surface area contributed by atoms with E-state index >= 15 is 0 Å². The fraction of sp³-hybridized carbons (Fsp3) is 0.364. The highest BCUT2D eigenvalue weighted by Crippen LogP contribution is 2.40. The van der Waals surface area contributed by atoms with Crippen molar-refractivity contribution in [3.63, 3.8) is 0 Å². The quantitative estimate of drug-likeness (QED) is 0.851. The highest BCUT2D eigenvalue weighted by Gasteiger charge is 2.27. The van der Waals surface area contributed by atoms with Gasteiger partial charge in [-0.2, -0.15) is 0 Å². The van der Waals surface area contributed by atoms with Gasteiger partial charge in [-0.05, 0) is 12.8 Å². The second kappa shape index (κ2) is 4.09. The Morgan fingerprint density at radius 1 is 1.61 bits per heavy atom. The molecule has 1 fully saturated rings. The van der Waals surface area contributed by atoms with E-state index in [9.17, 15) is 4.79 Å². The number of methoxy groups -OCH3 is 1. The largest absolute Gasteiger partial charge is 0.464 e. The molecule has 0 spiro atoms. The number of carbonyl (C=O) groups excluding carboxylic acids is 1. The number of ether oxygens (including phenoxy) is 1. The van der Waals surface area contributed by atoms with Gasteiger partial charge in [-0.15, -0.1) is 11.3 Å². The van der Waals surface area contributed by atoms with E-state index in [-0.39, 0.29) is 11.5 Å². The molecule has 18 heavy (non-hydrogen) atoms. The fourth-order valence-corrected chi connectivity index (χ4v) is 2.61. The molecule has 7 heteroatoms. The van der Waals surface area contributed by atoms with E-state index < -0.39 is 5.97 Å². The van der Waals surface area contributed by atoms with E-state index in [0.29, 0.717) is 5.92 Å². The number of nitrogens with two attached hydrogens (primary N) is 1. The number of hydrogen-bond acceptors (Lipinski definition) is 6. The monoisotopic (exact) mass is 264 g/mol. The normalized spacial score (nSPS) is 14.7. The number of thiazole rings is 1. The van der Waals surface area contributed by atoms with E-state index in [1.165, 1.54) is 37.6 Å². The SMILES string of the molecule is COC(=O)c1ncn(-c2nc(C3CC3)cs2)c1N. The van der Waals surface area contributed by atoms with Gasteiger partial charge in [0, 0.05) is 11.3 Å². The van der Waals surface area contributed by atoms with Crippen LogP contribution >= 0.6 is 11.3 Å². The predicted molar refractivity (Wildman–Crippen MR) is 67.0 cm³/mol. The summed E-state index contributed by atoms with van der Waals surface area (Å²) in [5, 5.41) is 2.77. The van der Waals surface area contributed by atoms with Crippen molar-refractivity contribution in [2.45, 2.75) is 18.8 Å². The summed E-state index contributed by atoms with van der Waals surface area (Å²) < 4.78 is 6.22. The Morgan fingerprint density at radius 2 is 2.39 bits per heavy atom. The van der Waals surface area contributed by atoms with Crippen LogP contribution in [-0.4, -0.2) is 27.6 Å². The lowest BCUT2D eigenvalue weighted by Gasteiger charge is -2.00. The second-order valence-electron chi connectivity index (χ2n) is 4.17. The average molecular weight is 264 g/mol. The van der Waals surface area contributed by atoms with Gasteiger partial charge in [0.2, 0.25) is 0 Å². The van der Waals surface area contributed by atoms with Gasteiger partial charge in [-0.3, -0.25) is 4.57 Å². The standard InChI is InChI=1S/C11H12N4O2S/c1-17-10(16)8-9(12)15(5-13-8)11-14-7(4-18-11)6-2-3-6/h4-6H,2-3,12H2,1H3. The lowest BCUT2D eigenvalue weighted by Crippen LogP contribution is -2.07. The molecule has 0 amide bonds. The van der Waals surface area contributed by atoms with E-state index in [4.69, 9.17) is 5.73 Å². The lowest BCUT2D eigenvalue weighted by atomic mass is 10.3. The van der Waals surface area contributed by atoms with Crippen LogP contribution in [0.1, 0.15) is 34.9 Å². The third-order valence-electron chi connectivity index (χ3n) is 2.89. The summed E-state index contributed by atoms with van der Waals surface area (Å²) >= 11 is 1.50. The number of imidazole rings is 1. The highest BCUT2D eigenvalue weighted by atomic mass is 32.1. The molecular formula is C11H12N4O2S. The molecule has 0 aliphatic heterocycles. The minimum absolute atomic E-state index is 0.126. The van der Waals surface area contributed by atoms with Crippen LogP contribution in [0.4, 0.5) is 5.82 Å². The third-order valence-corrected chi connectivity index (χ3v) is 3.75. The molecule has 0 saturated heterocycles. The van der Waals surface area contributed by atoms with E-state index in [1.54, 1.807) is 4.57 Å². The Hall–Kier alpha value is -1.89. The molecule has 0 bridgehead atoms. The van der Waals surface area contributed by atoms with Crippen LogP contribution in [0, 0.1) is 0 Å². The summed E-state index contributed by atoms with van der Waals surface area (Å²) in [6, 6.07) is 0. The number of esters is 1. The maximum absolute atomic E-state index is 11.4. The van der Waals surface area contributed by atoms with Crippen LogP contribution in [0.5, 0.6) is 0 Å². The zero-order chi connectivity index (χ0) is 12.7. The summed E-state index contributed by atoms with van der Waals surface area (Å²) in [4.78, 5) is 19.9. The van der Waals surface area contributed by atoms with Gasteiger partial charge in [0.25, 0.3) is 0 Å². The van der Waals surface area contributed by atoms with Gasteiger partial charge in [0.05, 0.1) is 12.8 Å². The number of nitrogens with zero attached hydrogens (tertiary/aromatic N) is 3. The zero-order valence-corrected chi connectivity index (χ0v) is 10.6. The minimum atomic E-state index is -0.537. The van der Waals surface area contributed by atoms with Gasteiger partial charge >= 0.3 is 5.97 Å². The van der Waals surface area contributed by atoms with Crippen molar-refractivity contribution in [2.75, 3.05) is 12.8 Å². The molecule has 1 aliphatic rings. The highest BCUT2D eigenvalue weighted by molar-refractivity contribution is 7.12. The molecule has 1 aliphatic carbocycles. The summed E-state index contributed by atoms with van der Waals surface area (Å²) in [5.74, 6) is 0.323. The van der Waals surface area contributed by atoms with Crippen molar-refractivity contribution in [1.82, 2.24) is 14.5 Å². The van der Waals surface area contributed by atoms with Crippen molar-refractivity contribution in [2.24, 2.45) is 0 Å². The molecule has 2 aromatic rings. The Kier molecular flexibility index (Phi) is 2.55. The van der Waals surface area contributed by atoms with E-state index in [0.717, 1.165) is 10.8 Å². The minimum Gasteiger partial charge on any atom is -0.464 e. The summed E-state index contributed by atoms with van der Waals surface area (Å²) in [7, 11) is 1.30. The molecular weight excluding hydrogens is 252 g/mol. The molecule has 0 unspecified atom stereocenters. The maximum atomic E-state index is 11.4. The summed E-state index contributed by atoms with van der Waals surface area (Å²) in [5.41, 5.74) is 7.10. The van der Waals surface area contributed by atoms with E-state index in [2.05, 4.69) is 14.7 Å². The lowest BCUT2D eigenvalue weighted by molar-refractivity contribution is 0.0596. The summed E-state index contributed by atoms with van der Waals surface area (Å²) in [6.07, 6.45) is 3.91. The van der Waals surface area contributed by atoms with Gasteiger partial charge < -0.3 is 10.5 Å². The number of carbonyl (C=O) groups is 1. The Labute approximate surface area is 107 Å². The molecule has 1 saturated carbocycles. The number of anilines is 1. The van der Waals surface area contributed by atoms with Crippen molar-refractivity contribution in [1.29, 1.82) is 0 Å². The molecule has 6 nitrogen and oxygen atoms in total. The van der Waals surface area contributed by atoms with Crippen LogP contribution in [0.15, 0.2) is 11.7 Å². The average Bonchev–Trinajstić information content (AvgIpc) is 2.99. The van der Waals surface area contributed by atoms with Crippen LogP contribution in [-0.2, 0) is 4.74 Å². The van der Waals surface area contributed by atoms with Gasteiger partial charge in [-0.25, -0.2) is 14.8 Å². The van der Waals surface area contributed by atoms with Crippen molar-refractivity contribution in [3.8, 4) is 5.13 Å². The van der Waals surface area contributed by atoms with Gasteiger partial charge in [-0.1, -0.05) is 0 Å². The summed E-state index contributed by atoms with van der Waals surface area (Å²) in [6.45, 7) is 0. The number of rotatable bonds is 3. The molecule has 94 valence electrons. The molecule has 0 radical (unpaired) electrons. The van der Waals surface area contributed by atoms with Crippen molar-refractivity contribution >= 4 is 23.1 Å². The molecule has 0 aromatic carbocycles. The van der Waals surface area contributed by atoms with Crippen molar-refractivity contribution < 1.29 is 9.53 Å². The van der Waals surface area contributed by atoms with E-state index in [1.807, 2.05) is 5.38 Å². The Bertz CT molecular complexity index is 600. The smallest absolute Gasteiger partial charge is 0.360 e.